The van der Waals surface area contributed by atoms with Gasteiger partial charge < -0.3 is 15.6 Å². The summed E-state index contributed by atoms with van der Waals surface area (Å²) < 4.78 is 5.43. The van der Waals surface area contributed by atoms with E-state index in [1.807, 2.05) is 25.3 Å². The number of nitrogens with two attached hydrogens (primary N) is 1. The van der Waals surface area contributed by atoms with Gasteiger partial charge in [-0.1, -0.05) is 37.9 Å². The third-order valence-corrected chi connectivity index (χ3v) is 5.22. The maximum absolute atomic E-state index is 12.3. The van der Waals surface area contributed by atoms with Crippen LogP contribution in [0.4, 0.5) is 0 Å². The van der Waals surface area contributed by atoms with Crippen molar-refractivity contribution in [2.75, 3.05) is 0 Å². The highest BCUT2D eigenvalue weighted by atomic mass is 32.1. The van der Waals surface area contributed by atoms with Gasteiger partial charge in [0, 0.05) is 0 Å². The van der Waals surface area contributed by atoms with E-state index in [4.69, 9.17) is 10.3 Å². The Balaban J connectivity index is 1.79. The van der Waals surface area contributed by atoms with Crippen molar-refractivity contribution in [3.8, 4) is 0 Å². The first kappa shape index (κ1) is 16.1. The fraction of sp³-hybridized carbons (Fsp3) is 0.562. The van der Waals surface area contributed by atoms with Gasteiger partial charge in [-0.3, -0.25) is 4.79 Å². The van der Waals surface area contributed by atoms with Gasteiger partial charge in [-0.25, -0.2) is 0 Å². The van der Waals surface area contributed by atoms with Gasteiger partial charge in [0.05, 0.1) is 10.4 Å². The molecule has 3 rings (SSSR count). The van der Waals surface area contributed by atoms with Gasteiger partial charge >= 0.3 is 0 Å². The standard InChI is InChI=1S/C16H22N4O2S/c1-10(2)12(18-13(21)11-6-5-9-23-11)14-19-15(20-22-14)16(17)7-3-4-8-16/h5-6,9-10,12H,3-4,7-8,17H2,1-2H3,(H,18,21). The van der Waals surface area contributed by atoms with Gasteiger partial charge in [0.1, 0.15) is 6.04 Å². The van der Waals surface area contributed by atoms with Crippen LogP contribution in [0.3, 0.4) is 0 Å². The van der Waals surface area contributed by atoms with Crippen LogP contribution in [0.2, 0.25) is 0 Å². The molecule has 3 N–H and O–H groups in total. The van der Waals surface area contributed by atoms with Crippen molar-refractivity contribution < 1.29 is 9.32 Å². The summed E-state index contributed by atoms with van der Waals surface area (Å²) in [5, 5.41) is 8.95. The van der Waals surface area contributed by atoms with Gasteiger partial charge in [-0.05, 0) is 30.2 Å². The van der Waals surface area contributed by atoms with Gasteiger partial charge in [0.15, 0.2) is 5.82 Å². The maximum Gasteiger partial charge on any atom is 0.262 e. The summed E-state index contributed by atoms with van der Waals surface area (Å²) in [6.07, 6.45) is 3.92. The lowest BCUT2D eigenvalue weighted by Crippen LogP contribution is -2.35. The van der Waals surface area contributed by atoms with Crippen LogP contribution in [0.5, 0.6) is 0 Å². The molecule has 1 aliphatic rings. The summed E-state index contributed by atoms with van der Waals surface area (Å²) in [5.41, 5.74) is 5.89. The predicted molar refractivity (Wildman–Crippen MR) is 88.0 cm³/mol. The molecule has 7 heteroatoms. The molecule has 1 aliphatic carbocycles. The van der Waals surface area contributed by atoms with Gasteiger partial charge in [0.2, 0.25) is 5.89 Å². The van der Waals surface area contributed by atoms with E-state index < -0.39 is 5.54 Å². The maximum atomic E-state index is 12.3. The summed E-state index contributed by atoms with van der Waals surface area (Å²) in [5.74, 6) is 0.990. The number of aromatic nitrogens is 2. The number of hydrogen-bond donors (Lipinski definition) is 2. The van der Waals surface area contributed by atoms with E-state index in [1.165, 1.54) is 11.3 Å². The predicted octanol–water partition coefficient (Wildman–Crippen LogP) is 2.99. The third-order valence-electron chi connectivity index (χ3n) is 4.35. The minimum atomic E-state index is -0.485. The zero-order valence-corrected chi connectivity index (χ0v) is 14.2. The highest BCUT2D eigenvalue weighted by molar-refractivity contribution is 7.12. The Kier molecular flexibility index (Phi) is 4.50. The second-order valence-electron chi connectivity index (χ2n) is 6.49. The molecule has 0 radical (unpaired) electrons. The van der Waals surface area contributed by atoms with Crippen molar-refractivity contribution in [1.29, 1.82) is 0 Å². The smallest absolute Gasteiger partial charge is 0.262 e. The molecule has 6 nitrogen and oxygen atoms in total. The number of carbonyl (C=O) groups excluding carboxylic acids is 1. The first-order chi connectivity index (χ1) is 11.0. The number of amides is 1. The zero-order valence-electron chi connectivity index (χ0n) is 13.4. The van der Waals surface area contributed by atoms with Crippen molar-refractivity contribution in [2.24, 2.45) is 11.7 Å². The Hall–Kier alpha value is -1.73. The normalized spacial score (nSPS) is 18.3. The van der Waals surface area contributed by atoms with E-state index in [0.29, 0.717) is 16.6 Å². The summed E-state index contributed by atoms with van der Waals surface area (Å²) in [6, 6.07) is 3.33. The van der Waals surface area contributed by atoms with Crippen molar-refractivity contribution in [3.05, 3.63) is 34.1 Å². The summed E-state index contributed by atoms with van der Waals surface area (Å²) in [7, 11) is 0. The fourth-order valence-electron chi connectivity index (χ4n) is 2.93. The fourth-order valence-corrected chi connectivity index (χ4v) is 3.55. The zero-order chi connectivity index (χ0) is 16.4. The first-order valence-corrected chi connectivity index (χ1v) is 8.85. The molecule has 1 fully saturated rings. The van der Waals surface area contributed by atoms with Crippen molar-refractivity contribution in [1.82, 2.24) is 15.5 Å². The van der Waals surface area contributed by atoms with E-state index in [2.05, 4.69) is 15.5 Å². The number of thiophene rings is 1. The highest BCUT2D eigenvalue weighted by Crippen LogP contribution is 2.35. The molecule has 0 aliphatic heterocycles. The second kappa shape index (κ2) is 6.41. The van der Waals surface area contributed by atoms with E-state index in [1.54, 1.807) is 6.07 Å². The molecule has 1 unspecified atom stereocenters. The van der Waals surface area contributed by atoms with Crippen LogP contribution in [0.25, 0.3) is 0 Å². The molecule has 124 valence electrons. The molecule has 2 aromatic heterocycles. The molecule has 1 atom stereocenters. The van der Waals surface area contributed by atoms with Crippen molar-refractivity contribution >= 4 is 17.2 Å². The highest BCUT2D eigenvalue weighted by Gasteiger charge is 2.37. The molecule has 2 heterocycles. The number of nitrogens with zero attached hydrogens (tertiary/aromatic N) is 2. The van der Waals surface area contributed by atoms with Crippen LogP contribution in [0.15, 0.2) is 22.0 Å². The Bertz CT molecular complexity index is 659. The molecule has 0 saturated heterocycles. The molecule has 1 amide bonds. The van der Waals surface area contributed by atoms with E-state index in [9.17, 15) is 4.79 Å². The van der Waals surface area contributed by atoms with Crippen LogP contribution in [0, 0.1) is 5.92 Å². The number of carbonyl (C=O) groups is 1. The SMILES string of the molecule is CC(C)C(NC(=O)c1cccs1)c1nc(C2(N)CCCC2)no1. The number of hydrogen-bond acceptors (Lipinski definition) is 6. The lowest BCUT2D eigenvalue weighted by Gasteiger charge is -2.19. The minimum absolute atomic E-state index is 0.123. The summed E-state index contributed by atoms with van der Waals surface area (Å²) >= 11 is 1.41. The van der Waals surface area contributed by atoms with Gasteiger partial charge in [-0.2, -0.15) is 4.98 Å². The van der Waals surface area contributed by atoms with Crippen LogP contribution in [-0.4, -0.2) is 16.0 Å². The Morgan fingerprint density at radius 2 is 2.17 bits per heavy atom. The average molecular weight is 334 g/mol. The number of rotatable bonds is 5. The molecular weight excluding hydrogens is 312 g/mol. The molecule has 0 bridgehead atoms. The van der Waals surface area contributed by atoms with Crippen LogP contribution in [0.1, 0.15) is 67.0 Å². The molecule has 0 aromatic carbocycles. The van der Waals surface area contributed by atoms with Crippen LogP contribution in [-0.2, 0) is 5.54 Å². The largest absolute Gasteiger partial charge is 0.339 e. The number of nitrogens with one attached hydrogen (secondary N) is 1. The van der Waals surface area contributed by atoms with Gasteiger partial charge in [-0.15, -0.1) is 11.3 Å². The molecular formula is C16H22N4O2S. The molecule has 0 spiro atoms. The lowest BCUT2D eigenvalue weighted by atomic mass is 9.98. The van der Waals surface area contributed by atoms with Gasteiger partial charge in [0.25, 0.3) is 5.91 Å². The average Bonchev–Trinajstić information content (AvgIpc) is 3.25. The summed E-state index contributed by atoms with van der Waals surface area (Å²) in [4.78, 5) is 17.5. The van der Waals surface area contributed by atoms with Crippen molar-refractivity contribution in [2.45, 2.75) is 51.1 Å². The second-order valence-corrected chi connectivity index (χ2v) is 7.44. The van der Waals surface area contributed by atoms with Crippen LogP contribution >= 0.6 is 11.3 Å². The third kappa shape index (κ3) is 3.30. The van der Waals surface area contributed by atoms with Crippen LogP contribution < -0.4 is 11.1 Å². The minimum Gasteiger partial charge on any atom is -0.339 e. The topological polar surface area (TPSA) is 94.0 Å². The quantitative estimate of drug-likeness (QED) is 0.876. The van der Waals surface area contributed by atoms with E-state index in [0.717, 1.165) is 25.7 Å². The lowest BCUT2D eigenvalue weighted by molar-refractivity contribution is 0.0918. The first-order valence-electron chi connectivity index (χ1n) is 7.97. The van der Waals surface area contributed by atoms with Crippen molar-refractivity contribution in [3.63, 3.8) is 0 Å². The Labute approximate surface area is 139 Å². The Morgan fingerprint density at radius 3 is 2.78 bits per heavy atom. The van der Waals surface area contributed by atoms with E-state index in [-0.39, 0.29) is 17.9 Å². The molecule has 2 aromatic rings. The van der Waals surface area contributed by atoms with E-state index >= 15 is 0 Å². The monoisotopic (exact) mass is 334 g/mol. The molecule has 1 saturated carbocycles. The Morgan fingerprint density at radius 1 is 1.43 bits per heavy atom. The molecule has 23 heavy (non-hydrogen) atoms. The summed E-state index contributed by atoms with van der Waals surface area (Å²) in [6.45, 7) is 4.02.